The highest BCUT2D eigenvalue weighted by atomic mass is 35.5. The van der Waals surface area contributed by atoms with Gasteiger partial charge >= 0.3 is 6.03 Å². The van der Waals surface area contributed by atoms with Crippen LogP contribution in [0.2, 0.25) is 10.0 Å². The second-order valence-corrected chi connectivity index (χ2v) is 4.72. The minimum absolute atomic E-state index is 0.372. The van der Waals surface area contributed by atoms with Gasteiger partial charge in [-0.3, -0.25) is 0 Å². The molecule has 0 aromatic heterocycles. The molecule has 4 nitrogen and oxygen atoms in total. The number of urea groups is 1. The number of para-hydroxylation sites is 1. The number of carbonyl (C=O) groups excluding carboxylic acids is 1. The van der Waals surface area contributed by atoms with Crippen LogP contribution in [0.1, 0.15) is 0 Å². The molecule has 6 heteroatoms. The average molecular weight is 311 g/mol. The van der Waals surface area contributed by atoms with E-state index < -0.39 is 6.03 Å². The molecule has 0 bridgehead atoms. The van der Waals surface area contributed by atoms with Gasteiger partial charge in [0.1, 0.15) is 5.75 Å². The van der Waals surface area contributed by atoms with E-state index in [-0.39, 0.29) is 0 Å². The predicted octanol–water partition coefficient (Wildman–Crippen LogP) is 4.65. The summed E-state index contributed by atoms with van der Waals surface area (Å²) in [7, 11) is 1.56. The van der Waals surface area contributed by atoms with Crippen LogP contribution in [-0.4, -0.2) is 13.1 Å². The van der Waals surface area contributed by atoms with E-state index in [4.69, 9.17) is 27.9 Å². The molecule has 0 unspecified atom stereocenters. The summed E-state index contributed by atoms with van der Waals surface area (Å²) in [4.78, 5) is 11.9. The first kappa shape index (κ1) is 14.5. The molecule has 0 saturated carbocycles. The van der Waals surface area contributed by atoms with Crippen LogP contribution in [0.4, 0.5) is 16.2 Å². The molecule has 104 valence electrons. The number of benzene rings is 2. The number of hydrogen-bond acceptors (Lipinski definition) is 2. The second-order valence-electron chi connectivity index (χ2n) is 3.91. The number of methoxy groups -OCH3 is 1. The maximum Gasteiger partial charge on any atom is 0.323 e. The second kappa shape index (κ2) is 6.50. The third-order valence-electron chi connectivity index (χ3n) is 2.53. The maximum absolute atomic E-state index is 11.9. The predicted molar refractivity (Wildman–Crippen MR) is 82.1 cm³/mol. The van der Waals surface area contributed by atoms with Gasteiger partial charge in [0, 0.05) is 11.8 Å². The minimum Gasteiger partial charge on any atom is -0.497 e. The Kier molecular flexibility index (Phi) is 4.71. The van der Waals surface area contributed by atoms with E-state index in [0.717, 1.165) is 0 Å². The van der Waals surface area contributed by atoms with Gasteiger partial charge in [-0.15, -0.1) is 0 Å². The van der Waals surface area contributed by atoms with Crippen molar-refractivity contribution in [3.63, 3.8) is 0 Å². The molecule has 0 radical (unpaired) electrons. The SMILES string of the molecule is COc1cccc(NC(=O)Nc2c(Cl)cccc2Cl)c1. The topological polar surface area (TPSA) is 50.4 Å². The van der Waals surface area contributed by atoms with E-state index in [1.165, 1.54) is 0 Å². The van der Waals surface area contributed by atoms with Crippen molar-refractivity contribution in [1.29, 1.82) is 0 Å². The molecule has 0 fully saturated rings. The van der Waals surface area contributed by atoms with E-state index >= 15 is 0 Å². The molecule has 0 aliphatic rings. The zero-order valence-corrected chi connectivity index (χ0v) is 12.1. The third-order valence-corrected chi connectivity index (χ3v) is 3.16. The fourth-order valence-electron chi connectivity index (χ4n) is 1.59. The molecule has 2 aromatic rings. The largest absolute Gasteiger partial charge is 0.497 e. The van der Waals surface area contributed by atoms with Crippen LogP contribution in [0.3, 0.4) is 0 Å². The van der Waals surface area contributed by atoms with Crippen LogP contribution >= 0.6 is 23.2 Å². The molecule has 0 atom stereocenters. The van der Waals surface area contributed by atoms with E-state index in [2.05, 4.69) is 10.6 Å². The molecule has 0 aliphatic carbocycles. The van der Waals surface area contributed by atoms with Crippen molar-refractivity contribution in [3.05, 3.63) is 52.5 Å². The Balaban J connectivity index is 2.09. The summed E-state index contributed by atoms with van der Waals surface area (Å²) >= 11 is 12.0. The standard InChI is InChI=1S/C14H12Cl2N2O2/c1-20-10-5-2-4-9(8-10)17-14(19)18-13-11(15)6-3-7-12(13)16/h2-8H,1H3,(H2,17,18,19). The van der Waals surface area contributed by atoms with Crippen molar-refractivity contribution in [2.24, 2.45) is 0 Å². The molecular formula is C14H12Cl2N2O2. The number of hydrogen-bond donors (Lipinski definition) is 2. The van der Waals surface area contributed by atoms with Gasteiger partial charge in [-0.05, 0) is 24.3 Å². The molecule has 0 aliphatic heterocycles. The smallest absolute Gasteiger partial charge is 0.323 e. The van der Waals surface area contributed by atoms with Crippen molar-refractivity contribution in [2.45, 2.75) is 0 Å². The minimum atomic E-state index is -0.437. The van der Waals surface area contributed by atoms with Crippen LogP contribution in [0, 0.1) is 0 Å². The van der Waals surface area contributed by atoms with Gasteiger partial charge in [0.2, 0.25) is 0 Å². The van der Waals surface area contributed by atoms with Crippen molar-refractivity contribution in [3.8, 4) is 5.75 Å². The lowest BCUT2D eigenvalue weighted by Gasteiger charge is -2.11. The third kappa shape index (κ3) is 3.56. The normalized spacial score (nSPS) is 9.95. The highest BCUT2D eigenvalue weighted by molar-refractivity contribution is 6.39. The monoisotopic (exact) mass is 310 g/mol. The fraction of sp³-hybridized carbons (Fsp3) is 0.0714. The summed E-state index contributed by atoms with van der Waals surface area (Å²) in [6.07, 6.45) is 0. The summed E-state index contributed by atoms with van der Waals surface area (Å²) in [5.74, 6) is 0.651. The van der Waals surface area contributed by atoms with E-state index in [1.54, 1.807) is 49.6 Å². The highest BCUT2D eigenvalue weighted by Gasteiger charge is 2.09. The number of rotatable bonds is 3. The van der Waals surface area contributed by atoms with Gasteiger partial charge in [0.15, 0.2) is 0 Å². The Morgan fingerprint density at radius 2 is 1.70 bits per heavy atom. The van der Waals surface area contributed by atoms with Crippen molar-refractivity contribution in [1.82, 2.24) is 0 Å². The van der Waals surface area contributed by atoms with Crippen LogP contribution < -0.4 is 15.4 Å². The van der Waals surface area contributed by atoms with Crippen LogP contribution in [-0.2, 0) is 0 Å². The highest BCUT2D eigenvalue weighted by Crippen LogP contribution is 2.29. The van der Waals surface area contributed by atoms with E-state index in [0.29, 0.717) is 27.2 Å². The summed E-state index contributed by atoms with van der Waals surface area (Å²) in [6.45, 7) is 0. The number of ether oxygens (including phenoxy) is 1. The van der Waals surface area contributed by atoms with Gasteiger partial charge < -0.3 is 15.4 Å². The lowest BCUT2D eigenvalue weighted by Crippen LogP contribution is -2.19. The molecular weight excluding hydrogens is 299 g/mol. The first-order valence-electron chi connectivity index (χ1n) is 5.76. The Morgan fingerprint density at radius 3 is 2.35 bits per heavy atom. The zero-order chi connectivity index (χ0) is 14.5. The average Bonchev–Trinajstić information content (AvgIpc) is 2.43. The number of amides is 2. The Bertz CT molecular complexity index is 612. The Hall–Kier alpha value is -1.91. The Morgan fingerprint density at radius 1 is 1.05 bits per heavy atom. The number of halogens is 2. The summed E-state index contributed by atoms with van der Waals surface area (Å²) in [5.41, 5.74) is 0.973. The summed E-state index contributed by atoms with van der Waals surface area (Å²) in [6, 6.07) is 11.6. The quantitative estimate of drug-likeness (QED) is 0.867. The Labute approximate surface area is 126 Å². The lowest BCUT2D eigenvalue weighted by atomic mass is 10.3. The summed E-state index contributed by atoms with van der Waals surface area (Å²) in [5, 5.41) is 6.03. The van der Waals surface area contributed by atoms with Gasteiger partial charge in [0.25, 0.3) is 0 Å². The first-order chi connectivity index (χ1) is 9.60. The molecule has 2 aromatic carbocycles. The number of carbonyl (C=O) groups is 1. The summed E-state index contributed by atoms with van der Waals surface area (Å²) < 4.78 is 5.08. The molecule has 0 saturated heterocycles. The molecule has 0 heterocycles. The van der Waals surface area contributed by atoms with Crippen molar-refractivity contribution < 1.29 is 9.53 Å². The van der Waals surface area contributed by atoms with Gasteiger partial charge in [-0.2, -0.15) is 0 Å². The maximum atomic E-state index is 11.9. The molecule has 20 heavy (non-hydrogen) atoms. The van der Waals surface area contributed by atoms with Crippen LogP contribution in [0.5, 0.6) is 5.75 Å². The van der Waals surface area contributed by atoms with Gasteiger partial charge in [0.05, 0.1) is 22.8 Å². The molecule has 2 rings (SSSR count). The van der Waals surface area contributed by atoms with Gasteiger partial charge in [-0.25, -0.2) is 4.79 Å². The van der Waals surface area contributed by atoms with Crippen LogP contribution in [0.25, 0.3) is 0 Å². The van der Waals surface area contributed by atoms with E-state index in [9.17, 15) is 4.79 Å². The van der Waals surface area contributed by atoms with Crippen molar-refractivity contribution in [2.75, 3.05) is 17.7 Å². The van der Waals surface area contributed by atoms with Gasteiger partial charge in [-0.1, -0.05) is 35.3 Å². The molecule has 0 spiro atoms. The molecule has 2 amide bonds. The lowest BCUT2D eigenvalue weighted by molar-refractivity contribution is 0.262. The van der Waals surface area contributed by atoms with Crippen molar-refractivity contribution >= 4 is 40.6 Å². The van der Waals surface area contributed by atoms with Crippen LogP contribution in [0.15, 0.2) is 42.5 Å². The molecule has 2 N–H and O–H groups in total. The van der Waals surface area contributed by atoms with E-state index in [1.807, 2.05) is 0 Å². The zero-order valence-electron chi connectivity index (χ0n) is 10.6. The number of anilines is 2. The first-order valence-corrected chi connectivity index (χ1v) is 6.52. The fourth-order valence-corrected chi connectivity index (χ4v) is 2.09. The number of nitrogens with one attached hydrogen (secondary N) is 2.